The van der Waals surface area contributed by atoms with Crippen LogP contribution in [0.1, 0.15) is 40.7 Å². The van der Waals surface area contributed by atoms with Crippen LogP contribution in [0, 0.1) is 12.8 Å². The van der Waals surface area contributed by atoms with Crippen LogP contribution >= 0.6 is 0 Å². The fourth-order valence-corrected chi connectivity index (χ4v) is 5.32. The lowest BCUT2D eigenvalue weighted by atomic mass is 9.83. The molecule has 5 rings (SSSR count). The zero-order valence-corrected chi connectivity index (χ0v) is 18.5. The van der Waals surface area contributed by atoms with Crippen molar-refractivity contribution < 1.29 is 4.52 Å². The molecule has 0 amide bonds. The average Bonchev–Trinajstić information content (AvgIpc) is 3.33. The highest BCUT2D eigenvalue weighted by molar-refractivity contribution is 5.23. The Hall–Kier alpha value is -2.71. The van der Waals surface area contributed by atoms with E-state index in [1.807, 2.05) is 42.4 Å². The summed E-state index contributed by atoms with van der Waals surface area (Å²) in [6.07, 6.45) is 2.75. The fraction of sp³-hybridized carbons (Fsp3) is 0.522. The minimum Gasteiger partial charge on any atom is -0.364 e. The van der Waals surface area contributed by atoms with Crippen LogP contribution < -0.4 is 5.56 Å². The molecule has 0 aromatic carbocycles. The molecule has 1 saturated heterocycles. The van der Waals surface area contributed by atoms with E-state index in [4.69, 9.17) is 4.52 Å². The highest BCUT2D eigenvalue weighted by atomic mass is 16.5. The molecule has 0 unspecified atom stereocenters. The molecule has 8 heteroatoms. The number of hydrogen-bond acceptors (Lipinski definition) is 6. The Morgan fingerprint density at radius 2 is 2.06 bits per heavy atom. The maximum Gasteiger partial charge on any atom is 0.255 e. The number of aromatic nitrogens is 4. The van der Waals surface area contributed by atoms with Gasteiger partial charge in [0.15, 0.2) is 0 Å². The lowest BCUT2D eigenvalue weighted by Crippen LogP contribution is -2.47. The highest BCUT2D eigenvalue weighted by Gasteiger charge is 2.35. The van der Waals surface area contributed by atoms with E-state index in [2.05, 4.69) is 32.2 Å². The van der Waals surface area contributed by atoms with Crippen molar-refractivity contribution in [3.05, 3.63) is 69.2 Å². The van der Waals surface area contributed by atoms with Crippen LogP contribution in [-0.2, 0) is 33.2 Å². The largest absolute Gasteiger partial charge is 0.364 e. The molecule has 0 radical (unpaired) electrons. The molecular formula is C23H30N6O2. The molecule has 164 valence electrons. The normalized spacial score (nSPS) is 20.9. The fourth-order valence-electron chi connectivity index (χ4n) is 5.32. The van der Waals surface area contributed by atoms with E-state index in [0.717, 1.165) is 43.1 Å². The molecule has 3 aromatic rings. The summed E-state index contributed by atoms with van der Waals surface area (Å²) in [5, 5.41) is 8.45. The third-order valence-corrected chi connectivity index (χ3v) is 6.61. The van der Waals surface area contributed by atoms with Gasteiger partial charge in [0.2, 0.25) is 0 Å². The van der Waals surface area contributed by atoms with Gasteiger partial charge >= 0.3 is 0 Å². The van der Waals surface area contributed by atoms with Gasteiger partial charge in [0, 0.05) is 69.6 Å². The Kier molecular flexibility index (Phi) is 5.27. The Labute approximate surface area is 182 Å². The number of rotatable bonds is 6. The zero-order valence-electron chi connectivity index (χ0n) is 18.5. The number of pyridine rings is 1. The molecule has 0 N–H and O–H groups in total. The minimum atomic E-state index is 0.162. The summed E-state index contributed by atoms with van der Waals surface area (Å²) in [6.45, 7) is 7.05. The van der Waals surface area contributed by atoms with Gasteiger partial charge in [-0.1, -0.05) is 11.2 Å². The first-order chi connectivity index (χ1) is 15.0. The van der Waals surface area contributed by atoms with Crippen LogP contribution in [0.15, 0.2) is 39.8 Å². The topological polar surface area (TPSA) is 72.3 Å². The molecule has 31 heavy (non-hydrogen) atoms. The van der Waals surface area contributed by atoms with Gasteiger partial charge in [-0.2, -0.15) is 5.10 Å². The van der Waals surface area contributed by atoms with Crippen molar-refractivity contribution >= 4 is 0 Å². The van der Waals surface area contributed by atoms with Gasteiger partial charge in [-0.25, -0.2) is 0 Å². The van der Waals surface area contributed by atoms with E-state index < -0.39 is 0 Å². The predicted octanol–water partition coefficient (Wildman–Crippen LogP) is 2.13. The lowest BCUT2D eigenvalue weighted by molar-refractivity contribution is 0.112. The molecule has 1 fully saturated rings. The smallest absolute Gasteiger partial charge is 0.255 e. The summed E-state index contributed by atoms with van der Waals surface area (Å²) in [4.78, 5) is 17.9. The predicted molar refractivity (Wildman–Crippen MR) is 116 cm³/mol. The summed E-state index contributed by atoms with van der Waals surface area (Å²) >= 11 is 0. The molecule has 0 saturated carbocycles. The first-order valence-corrected chi connectivity index (χ1v) is 11.0. The third kappa shape index (κ3) is 4.09. The molecule has 2 bridgehead atoms. The zero-order chi connectivity index (χ0) is 21.5. The second kappa shape index (κ2) is 8.09. The van der Waals surface area contributed by atoms with E-state index in [1.54, 1.807) is 6.26 Å². The maximum absolute atomic E-state index is 13.3. The van der Waals surface area contributed by atoms with Gasteiger partial charge in [0.1, 0.15) is 6.26 Å². The maximum atomic E-state index is 13.3. The second-order valence-electron chi connectivity index (χ2n) is 9.26. The molecule has 3 aromatic heterocycles. The molecule has 0 spiro atoms. The highest BCUT2D eigenvalue weighted by Crippen LogP contribution is 2.35. The van der Waals surface area contributed by atoms with Crippen molar-refractivity contribution in [2.45, 2.75) is 45.4 Å². The Morgan fingerprint density at radius 1 is 1.19 bits per heavy atom. The first-order valence-electron chi connectivity index (χ1n) is 11.0. The average molecular weight is 423 g/mol. The van der Waals surface area contributed by atoms with Gasteiger partial charge in [-0.15, -0.1) is 0 Å². The number of fused-ring (bicyclic) bond motifs is 4. The summed E-state index contributed by atoms with van der Waals surface area (Å²) < 4.78 is 8.94. The van der Waals surface area contributed by atoms with Gasteiger partial charge in [0.05, 0.1) is 17.1 Å². The molecule has 0 aliphatic carbocycles. The molecular weight excluding hydrogens is 392 g/mol. The number of piperidine rings is 1. The Balaban J connectivity index is 1.31. The summed E-state index contributed by atoms with van der Waals surface area (Å²) in [7, 11) is 4.02. The van der Waals surface area contributed by atoms with Crippen LogP contribution in [0.3, 0.4) is 0 Å². The molecule has 2 aliphatic heterocycles. The van der Waals surface area contributed by atoms with E-state index in [1.165, 1.54) is 17.8 Å². The standard InChI is InChI=1S/C23H30N6O2/c1-16-8-21(27(3)24-16)15-28-10-17-9-19(13-28)22-5-4-18(23(30)29(22)11-17)12-26(2)14-20-6-7-31-25-20/h4-8,17,19H,9-15H2,1-3H3/t17-,19+/m0/s1. The minimum absolute atomic E-state index is 0.162. The van der Waals surface area contributed by atoms with Crippen LogP contribution in [0.25, 0.3) is 0 Å². The van der Waals surface area contributed by atoms with Crippen molar-refractivity contribution in [3.63, 3.8) is 0 Å². The van der Waals surface area contributed by atoms with E-state index >= 15 is 0 Å². The molecule has 8 nitrogen and oxygen atoms in total. The number of aryl methyl sites for hydroxylation is 2. The van der Waals surface area contributed by atoms with Crippen molar-refractivity contribution in [2.75, 3.05) is 20.1 Å². The van der Waals surface area contributed by atoms with E-state index in [-0.39, 0.29) is 5.56 Å². The van der Waals surface area contributed by atoms with E-state index in [9.17, 15) is 4.79 Å². The van der Waals surface area contributed by atoms with Crippen LogP contribution in [-0.4, -0.2) is 49.4 Å². The van der Waals surface area contributed by atoms with Crippen molar-refractivity contribution in [1.29, 1.82) is 0 Å². The number of nitrogens with zero attached hydrogens (tertiary/aromatic N) is 6. The number of likely N-dealkylation sites (tertiary alicyclic amines) is 1. The van der Waals surface area contributed by atoms with Crippen LogP contribution in [0.5, 0.6) is 0 Å². The Morgan fingerprint density at radius 3 is 2.81 bits per heavy atom. The second-order valence-corrected chi connectivity index (χ2v) is 9.26. The third-order valence-electron chi connectivity index (χ3n) is 6.61. The number of hydrogen-bond donors (Lipinski definition) is 0. The lowest BCUT2D eigenvalue weighted by Gasteiger charge is -2.43. The molecule has 5 heterocycles. The van der Waals surface area contributed by atoms with Crippen molar-refractivity contribution in [1.82, 2.24) is 29.3 Å². The van der Waals surface area contributed by atoms with E-state index in [0.29, 0.717) is 24.9 Å². The monoisotopic (exact) mass is 422 g/mol. The van der Waals surface area contributed by atoms with Crippen LogP contribution in [0.4, 0.5) is 0 Å². The summed E-state index contributed by atoms with van der Waals surface area (Å²) in [6, 6.07) is 8.23. The van der Waals surface area contributed by atoms with Crippen LogP contribution in [0.2, 0.25) is 0 Å². The quantitative estimate of drug-likeness (QED) is 0.606. The molecule has 2 aliphatic rings. The van der Waals surface area contributed by atoms with Gasteiger partial charge in [-0.3, -0.25) is 19.3 Å². The van der Waals surface area contributed by atoms with Gasteiger partial charge in [-0.05, 0) is 38.4 Å². The first kappa shape index (κ1) is 20.2. The summed E-state index contributed by atoms with van der Waals surface area (Å²) in [5.41, 5.74) is 5.38. The van der Waals surface area contributed by atoms with Gasteiger partial charge in [0.25, 0.3) is 5.56 Å². The SMILES string of the molecule is Cc1cc(CN2C[C@@H]3C[C@H](C2)c2ccc(CN(C)Cc4ccon4)c(=O)n2C3)n(C)n1. The summed E-state index contributed by atoms with van der Waals surface area (Å²) in [5.74, 6) is 0.929. The van der Waals surface area contributed by atoms with Crippen molar-refractivity contribution in [3.8, 4) is 0 Å². The van der Waals surface area contributed by atoms with Crippen molar-refractivity contribution in [2.24, 2.45) is 13.0 Å². The Bertz CT molecular complexity index is 1120. The molecule has 2 atom stereocenters. The van der Waals surface area contributed by atoms with Gasteiger partial charge < -0.3 is 9.09 Å².